The van der Waals surface area contributed by atoms with Crippen molar-refractivity contribution >= 4 is 11.9 Å². The predicted molar refractivity (Wildman–Crippen MR) is 282 cm³/mol. The number of ether oxygens (including phenoxy) is 1. The Balaban J connectivity index is 3.59. The molecule has 3 N–H and O–H groups in total. The molecule has 6 nitrogen and oxygen atoms in total. The molecule has 0 bridgehead atoms. The van der Waals surface area contributed by atoms with E-state index in [-0.39, 0.29) is 18.5 Å². The number of hydrogen-bond acceptors (Lipinski definition) is 5. The van der Waals surface area contributed by atoms with Crippen LogP contribution in [0, 0.1) is 0 Å². The predicted octanol–water partition coefficient (Wildman–Crippen LogP) is 17.4. The largest absolute Gasteiger partial charge is 0.466 e. The normalized spacial score (nSPS) is 13.0. The molecule has 0 aromatic rings. The summed E-state index contributed by atoms with van der Waals surface area (Å²) in [5.41, 5.74) is 0. The van der Waals surface area contributed by atoms with E-state index < -0.39 is 12.1 Å². The molecule has 0 aromatic heterocycles. The number of carbonyl (C=O) groups excluding carboxylic acids is 2. The zero-order valence-electron chi connectivity index (χ0n) is 43.2. The molecular weight excluding hydrogens is 803 g/mol. The fraction of sp³-hybridized carbons (Fsp3) is 0.831. The highest BCUT2D eigenvalue weighted by molar-refractivity contribution is 5.76. The van der Waals surface area contributed by atoms with Gasteiger partial charge in [0.1, 0.15) is 0 Å². The standard InChI is InChI=1S/C59H109NO5/c1-3-5-7-9-11-13-15-17-18-19-20-21-22-23-24-25-26-28-31-35-39-43-47-51-57(62)56(55-61)60-58(63)52-48-44-40-36-32-29-27-30-34-38-42-46-50-54-65-59(64)53-49-45-41-37-33-16-14-12-10-8-6-4-2/h12,14,29,32,40,44,47,51,56-57,61-62H,3-11,13,15-28,30-31,33-39,41-43,45-46,48-50,52-55H2,1-2H3,(H,60,63)/b14-12-,32-29-,44-40-,51-47+. The van der Waals surface area contributed by atoms with Crippen molar-refractivity contribution in [2.24, 2.45) is 0 Å². The summed E-state index contributed by atoms with van der Waals surface area (Å²) in [6.07, 6.45) is 68.6. The fourth-order valence-corrected chi connectivity index (χ4v) is 8.44. The van der Waals surface area contributed by atoms with Gasteiger partial charge in [-0.15, -0.1) is 0 Å². The number of nitrogens with one attached hydrogen (secondary N) is 1. The summed E-state index contributed by atoms with van der Waals surface area (Å²) in [7, 11) is 0. The number of esters is 1. The average molecular weight is 913 g/mol. The molecule has 0 rings (SSSR count). The van der Waals surface area contributed by atoms with E-state index in [1.54, 1.807) is 6.08 Å². The minimum atomic E-state index is -0.881. The number of hydrogen-bond donors (Lipinski definition) is 3. The maximum absolute atomic E-state index is 12.4. The number of amides is 1. The third-order valence-corrected chi connectivity index (χ3v) is 12.8. The Morgan fingerprint density at radius 3 is 1.25 bits per heavy atom. The van der Waals surface area contributed by atoms with Gasteiger partial charge in [-0.2, -0.15) is 0 Å². The summed E-state index contributed by atoms with van der Waals surface area (Å²) in [6, 6.07) is -0.674. The Morgan fingerprint density at radius 1 is 0.431 bits per heavy atom. The van der Waals surface area contributed by atoms with Crippen LogP contribution in [0.5, 0.6) is 0 Å². The van der Waals surface area contributed by atoms with Gasteiger partial charge in [0, 0.05) is 12.8 Å². The number of unbranched alkanes of at least 4 members (excludes halogenated alkanes) is 35. The molecule has 6 heteroatoms. The minimum absolute atomic E-state index is 0.0288. The second-order valence-electron chi connectivity index (χ2n) is 19.3. The summed E-state index contributed by atoms with van der Waals surface area (Å²) in [5, 5.41) is 23.1. The van der Waals surface area contributed by atoms with Gasteiger partial charge in [0.15, 0.2) is 0 Å². The van der Waals surface area contributed by atoms with Gasteiger partial charge < -0.3 is 20.3 Å². The lowest BCUT2D eigenvalue weighted by Gasteiger charge is -2.19. The molecule has 0 aliphatic heterocycles. The van der Waals surface area contributed by atoms with E-state index in [9.17, 15) is 19.8 Å². The minimum Gasteiger partial charge on any atom is -0.466 e. The van der Waals surface area contributed by atoms with Crippen LogP contribution in [0.25, 0.3) is 0 Å². The molecule has 0 aromatic carbocycles. The quantitative estimate of drug-likeness (QED) is 0.0321. The molecule has 0 aliphatic carbocycles. The first kappa shape index (κ1) is 62.8. The van der Waals surface area contributed by atoms with E-state index in [0.717, 1.165) is 51.4 Å². The maximum atomic E-state index is 12.4. The first-order valence-corrected chi connectivity index (χ1v) is 28.4. The van der Waals surface area contributed by atoms with Crippen LogP contribution in [0.4, 0.5) is 0 Å². The van der Waals surface area contributed by atoms with Crippen LogP contribution in [-0.4, -0.2) is 47.4 Å². The van der Waals surface area contributed by atoms with Gasteiger partial charge in [0.05, 0.1) is 25.4 Å². The highest BCUT2D eigenvalue weighted by Gasteiger charge is 2.17. The number of aliphatic hydroxyl groups is 2. The third kappa shape index (κ3) is 51.1. The van der Waals surface area contributed by atoms with Gasteiger partial charge in [-0.05, 0) is 77.0 Å². The van der Waals surface area contributed by atoms with Crippen molar-refractivity contribution in [3.05, 3.63) is 48.6 Å². The molecule has 380 valence electrons. The van der Waals surface area contributed by atoms with Crippen molar-refractivity contribution < 1.29 is 24.5 Å². The molecule has 0 radical (unpaired) electrons. The molecular formula is C59H109NO5. The van der Waals surface area contributed by atoms with E-state index >= 15 is 0 Å². The van der Waals surface area contributed by atoms with Crippen molar-refractivity contribution in [2.75, 3.05) is 13.2 Å². The lowest BCUT2D eigenvalue weighted by Crippen LogP contribution is -2.45. The van der Waals surface area contributed by atoms with E-state index in [0.29, 0.717) is 25.9 Å². The van der Waals surface area contributed by atoms with Gasteiger partial charge in [-0.25, -0.2) is 0 Å². The zero-order valence-corrected chi connectivity index (χ0v) is 43.2. The summed E-state index contributed by atoms with van der Waals surface area (Å²) < 4.78 is 5.44. The Labute approximate surface area is 404 Å². The molecule has 0 saturated heterocycles. The highest BCUT2D eigenvalue weighted by Crippen LogP contribution is 2.16. The van der Waals surface area contributed by atoms with Crippen LogP contribution in [-0.2, 0) is 14.3 Å². The average Bonchev–Trinajstić information content (AvgIpc) is 3.31. The van der Waals surface area contributed by atoms with Crippen molar-refractivity contribution in [3.63, 3.8) is 0 Å². The van der Waals surface area contributed by atoms with E-state index in [1.165, 1.54) is 205 Å². The molecule has 2 atom stereocenters. The molecule has 1 amide bonds. The highest BCUT2D eigenvalue weighted by atomic mass is 16.5. The van der Waals surface area contributed by atoms with Crippen molar-refractivity contribution in [1.82, 2.24) is 5.32 Å². The van der Waals surface area contributed by atoms with Crippen molar-refractivity contribution in [1.29, 1.82) is 0 Å². The smallest absolute Gasteiger partial charge is 0.305 e. The number of rotatable bonds is 52. The molecule has 65 heavy (non-hydrogen) atoms. The second kappa shape index (κ2) is 54.4. The first-order chi connectivity index (χ1) is 32.0. The van der Waals surface area contributed by atoms with Gasteiger partial charge in [0.25, 0.3) is 0 Å². The van der Waals surface area contributed by atoms with Gasteiger partial charge in [0.2, 0.25) is 5.91 Å². The first-order valence-electron chi connectivity index (χ1n) is 28.4. The molecule has 0 spiro atoms. The SMILES string of the molecule is CCCCC/C=C\CCCCCCCC(=O)OCCCCCCCC/C=C\C/C=C\CCC(=O)NC(CO)C(O)/C=C/CCCCCCCCCCCCCCCCCCCCCCC. The monoisotopic (exact) mass is 912 g/mol. The Bertz CT molecular complexity index is 1100. The van der Waals surface area contributed by atoms with E-state index in [1.807, 2.05) is 12.2 Å². The van der Waals surface area contributed by atoms with Gasteiger partial charge in [-0.1, -0.05) is 249 Å². The van der Waals surface area contributed by atoms with Crippen molar-refractivity contribution in [2.45, 2.75) is 302 Å². The molecule has 2 unspecified atom stereocenters. The summed E-state index contributed by atoms with van der Waals surface area (Å²) in [4.78, 5) is 24.4. The number of carbonyl (C=O) groups is 2. The molecule has 0 heterocycles. The van der Waals surface area contributed by atoms with Crippen LogP contribution < -0.4 is 5.32 Å². The number of allylic oxidation sites excluding steroid dienone is 7. The Kier molecular flexibility index (Phi) is 52.6. The molecule has 0 fully saturated rings. The van der Waals surface area contributed by atoms with Gasteiger partial charge >= 0.3 is 5.97 Å². The maximum Gasteiger partial charge on any atom is 0.305 e. The molecule has 0 saturated carbocycles. The lowest BCUT2D eigenvalue weighted by molar-refractivity contribution is -0.143. The topological polar surface area (TPSA) is 95.9 Å². The second-order valence-corrected chi connectivity index (χ2v) is 19.3. The Morgan fingerprint density at radius 2 is 0.785 bits per heavy atom. The van der Waals surface area contributed by atoms with Crippen LogP contribution in [0.2, 0.25) is 0 Å². The zero-order chi connectivity index (χ0) is 47.2. The third-order valence-electron chi connectivity index (χ3n) is 12.8. The summed E-state index contributed by atoms with van der Waals surface area (Å²) in [6.45, 7) is 4.82. The van der Waals surface area contributed by atoms with E-state index in [2.05, 4.69) is 49.5 Å². The lowest BCUT2D eigenvalue weighted by atomic mass is 10.0. The van der Waals surface area contributed by atoms with E-state index in [4.69, 9.17) is 4.74 Å². The fourth-order valence-electron chi connectivity index (χ4n) is 8.44. The Hall–Kier alpha value is -2.18. The summed E-state index contributed by atoms with van der Waals surface area (Å²) in [5.74, 6) is -0.176. The van der Waals surface area contributed by atoms with Crippen LogP contribution >= 0.6 is 0 Å². The van der Waals surface area contributed by atoms with Crippen molar-refractivity contribution in [3.8, 4) is 0 Å². The summed E-state index contributed by atoms with van der Waals surface area (Å²) >= 11 is 0. The number of aliphatic hydroxyl groups excluding tert-OH is 2. The van der Waals surface area contributed by atoms with Crippen LogP contribution in [0.3, 0.4) is 0 Å². The van der Waals surface area contributed by atoms with Crippen LogP contribution in [0.1, 0.15) is 290 Å². The van der Waals surface area contributed by atoms with Gasteiger partial charge in [-0.3, -0.25) is 9.59 Å². The van der Waals surface area contributed by atoms with Crippen LogP contribution in [0.15, 0.2) is 48.6 Å². The molecule has 0 aliphatic rings.